The van der Waals surface area contributed by atoms with Crippen LogP contribution in [0.1, 0.15) is 32.0 Å². The maximum absolute atomic E-state index is 12.0. The van der Waals surface area contributed by atoms with Crippen molar-refractivity contribution in [3.05, 3.63) is 76.3 Å². The number of carboxylic acids is 1. The van der Waals surface area contributed by atoms with Crippen LogP contribution in [0, 0.1) is 6.92 Å². The molecule has 0 aliphatic rings. The van der Waals surface area contributed by atoms with Crippen molar-refractivity contribution in [1.82, 2.24) is 10.4 Å². The molecular weight excluding hydrogens is 370 g/mol. The number of benzene rings is 1. The molecule has 1 aromatic carbocycles. The summed E-state index contributed by atoms with van der Waals surface area (Å²) >= 11 is 5.85. The Morgan fingerprint density at radius 3 is 2.81 bits per heavy atom. The fraction of sp³-hybridized carbons (Fsp3) is 0.0526. The summed E-state index contributed by atoms with van der Waals surface area (Å²) in [5, 5.41) is 13.0. The molecule has 0 aliphatic heterocycles. The molecule has 0 atom stereocenters. The number of aromatic carboxylic acids is 1. The van der Waals surface area contributed by atoms with Crippen LogP contribution in [0.5, 0.6) is 0 Å². The van der Waals surface area contributed by atoms with Gasteiger partial charge in [0.15, 0.2) is 0 Å². The van der Waals surface area contributed by atoms with Crippen molar-refractivity contribution in [2.75, 3.05) is 0 Å². The van der Waals surface area contributed by atoms with Gasteiger partial charge in [-0.15, -0.1) is 0 Å². The lowest BCUT2D eigenvalue weighted by atomic mass is 10.0. The van der Waals surface area contributed by atoms with Crippen LogP contribution < -0.4 is 5.43 Å². The van der Waals surface area contributed by atoms with Crippen LogP contribution in [0.2, 0.25) is 5.15 Å². The van der Waals surface area contributed by atoms with Crippen LogP contribution in [0.3, 0.4) is 0 Å². The van der Waals surface area contributed by atoms with Crippen molar-refractivity contribution < 1.29 is 19.1 Å². The van der Waals surface area contributed by atoms with E-state index in [0.29, 0.717) is 17.1 Å². The molecule has 0 spiro atoms. The Balaban J connectivity index is 1.74. The maximum atomic E-state index is 12.0. The van der Waals surface area contributed by atoms with E-state index in [1.165, 1.54) is 24.5 Å². The predicted molar refractivity (Wildman–Crippen MR) is 100 cm³/mol. The van der Waals surface area contributed by atoms with Gasteiger partial charge in [-0.25, -0.2) is 15.2 Å². The molecule has 1 amide bonds. The van der Waals surface area contributed by atoms with Crippen molar-refractivity contribution in [3.8, 4) is 11.3 Å². The van der Waals surface area contributed by atoms with Crippen LogP contribution in [-0.4, -0.2) is 28.2 Å². The van der Waals surface area contributed by atoms with Crippen molar-refractivity contribution in [3.63, 3.8) is 0 Å². The Hall–Kier alpha value is -3.45. The number of aryl methyl sites for hydroxylation is 1. The largest absolute Gasteiger partial charge is 0.478 e. The fourth-order valence-corrected chi connectivity index (χ4v) is 2.56. The number of nitrogens with one attached hydrogen (secondary N) is 1. The summed E-state index contributed by atoms with van der Waals surface area (Å²) in [4.78, 5) is 27.0. The molecule has 0 saturated heterocycles. The molecule has 0 bridgehead atoms. The monoisotopic (exact) mass is 383 g/mol. The third-order valence-electron chi connectivity index (χ3n) is 3.74. The normalized spacial score (nSPS) is 10.9. The van der Waals surface area contributed by atoms with Crippen molar-refractivity contribution >= 4 is 29.7 Å². The third-order valence-corrected chi connectivity index (χ3v) is 4.04. The first-order valence-corrected chi connectivity index (χ1v) is 8.21. The Labute approximate surface area is 159 Å². The van der Waals surface area contributed by atoms with Crippen LogP contribution in [0.25, 0.3) is 11.3 Å². The summed E-state index contributed by atoms with van der Waals surface area (Å²) in [6, 6.07) is 11.3. The van der Waals surface area contributed by atoms with Gasteiger partial charge in [-0.2, -0.15) is 5.10 Å². The molecule has 2 aromatic heterocycles. The SMILES string of the molecule is Cc1ccc(C(=O)O)cc1-c1ccc(C=NNC(=O)c2cccnc2Cl)o1. The van der Waals surface area contributed by atoms with E-state index in [0.717, 1.165) is 5.56 Å². The first-order valence-electron chi connectivity index (χ1n) is 7.84. The standard InChI is InChI=1S/C19H14ClN3O4/c1-11-4-5-12(19(25)26)9-15(11)16-7-6-13(27-16)10-22-23-18(24)14-3-2-8-21-17(14)20/h2-10H,1H3,(H,23,24)(H,25,26). The van der Waals surface area contributed by atoms with E-state index in [1.54, 1.807) is 30.3 Å². The average Bonchev–Trinajstić information content (AvgIpc) is 3.10. The number of nitrogens with zero attached hydrogens (tertiary/aromatic N) is 2. The number of carboxylic acid groups (broad SMARTS) is 1. The Morgan fingerprint density at radius 1 is 1.26 bits per heavy atom. The van der Waals surface area contributed by atoms with Gasteiger partial charge in [0, 0.05) is 11.8 Å². The van der Waals surface area contributed by atoms with E-state index in [4.69, 9.17) is 21.1 Å². The minimum atomic E-state index is -1.01. The van der Waals surface area contributed by atoms with Gasteiger partial charge < -0.3 is 9.52 Å². The van der Waals surface area contributed by atoms with Gasteiger partial charge in [0.2, 0.25) is 0 Å². The zero-order valence-electron chi connectivity index (χ0n) is 14.1. The van der Waals surface area contributed by atoms with E-state index in [2.05, 4.69) is 15.5 Å². The lowest BCUT2D eigenvalue weighted by molar-refractivity contribution is 0.0696. The first-order chi connectivity index (χ1) is 13.0. The zero-order chi connectivity index (χ0) is 19.4. The molecule has 0 saturated carbocycles. The van der Waals surface area contributed by atoms with Gasteiger partial charge in [-0.1, -0.05) is 17.7 Å². The molecule has 136 valence electrons. The second kappa shape index (κ2) is 7.84. The zero-order valence-corrected chi connectivity index (χ0v) is 14.9. The number of rotatable bonds is 5. The number of furan rings is 1. The van der Waals surface area contributed by atoms with E-state index >= 15 is 0 Å². The fourth-order valence-electron chi connectivity index (χ4n) is 2.36. The minimum Gasteiger partial charge on any atom is -0.478 e. The molecule has 0 aliphatic carbocycles. The molecule has 2 N–H and O–H groups in total. The number of halogens is 1. The van der Waals surface area contributed by atoms with Crippen molar-refractivity contribution in [2.45, 2.75) is 6.92 Å². The van der Waals surface area contributed by atoms with E-state index < -0.39 is 11.9 Å². The smallest absolute Gasteiger partial charge is 0.335 e. The second-order valence-electron chi connectivity index (χ2n) is 5.58. The highest BCUT2D eigenvalue weighted by molar-refractivity contribution is 6.32. The number of aromatic nitrogens is 1. The third kappa shape index (κ3) is 4.21. The molecule has 2 heterocycles. The number of amides is 1. The topological polar surface area (TPSA) is 105 Å². The van der Waals surface area contributed by atoms with Gasteiger partial charge in [0.1, 0.15) is 16.7 Å². The number of hydrazone groups is 1. The molecule has 27 heavy (non-hydrogen) atoms. The molecule has 8 heteroatoms. The molecule has 0 radical (unpaired) electrons. The summed E-state index contributed by atoms with van der Waals surface area (Å²) in [5.74, 6) is -0.621. The van der Waals surface area contributed by atoms with E-state index in [-0.39, 0.29) is 16.3 Å². The first kappa shape index (κ1) is 18.3. The Morgan fingerprint density at radius 2 is 2.07 bits per heavy atom. The Bertz CT molecular complexity index is 1040. The lowest BCUT2D eigenvalue weighted by Gasteiger charge is -2.04. The van der Waals surface area contributed by atoms with Crippen molar-refractivity contribution in [1.29, 1.82) is 0 Å². The molecule has 0 fully saturated rings. The van der Waals surface area contributed by atoms with Crippen molar-refractivity contribution in [2.24, 2.45) is 5.10 Å². The number of carbonyl (C=O) groups is 2. The molecule has 3 rings (SSSR count). The Kier molecular flexibility index (Phi) is 5.33. The number of hydrogen-bond acceptors (Lipinski definition) is 5. The van der Waals surface area contributed by atoms with Gasteiger partial charge in [-0.3, -0.25) is 4.79 Å². The predicted octanol–water partition coefficient (Wildman–Crippen LogP) is 3.77. The lowest BCUT2D eigenvalue weighted by Crippen LogP contribution is -2.18. The number of carbonyl (C=O) groups excluding carboxylic acids is 1. The van der Waals surface area contributed by atoms with E-state index in [9.17, 15) is 9.59 Å². The van der Waals surface area contributed by atoms with Gasteiger partial charge >= 0.3 is 5.97 Å². The molecule has 7 nitrogen and oxygen atoms in total. The summed E-state index contributed by atoms with van der Waals surface area (Å²) < 4.78 is 5.66. The van der Waals surface area contributed by atoms with Crippen LogP contribution in [-0.2, 0) is 0 Å². The minimum absolute atomic E-state index is 0.0827. The van der Waals surface area contributed by atoms with Crippen LogP contribution >= 0.6 is 11.6 Å². The van der Waals surface area contributed by atoms with Crippen LogP contribution in [0.4, 0.5) is 0 Å². The summed E-state index contributed by atoms with van der Waals surface area (Å²) in [6.07, 6.45) is 2.82. The molecule has 0 unspecified atom stereocenters. The highest BCUT2D eigenvalue weighted by Crippen LogP contribution is 2.26. The average molecular weight is 384 g/mol. The van der Waals surface area contributed by atoms with Crippen LogP contribution in [0.15, 0.2) is 58.2 Å². The van der Waals surface area contributed by atoms with Gasteiger partial charge in [-0.05, 0) is 48.9 Å². The molecular formula is C19H14ClN3O4. The molecule has 3 aromatic rings. The van der Waals surface area contributed by atoms with Gasteiger partial charge in [0.05, 0.1) is 17.3 Å². The quantitative estimate of drug-likeness (QED) is 0.396. The number of pyridine rings is 1. The van der Waals surface area contributed by atoms with Gasteiger partial charge in [0.25, 0.3) is 5.91 Å². The highest BCUT2D eigenvalue weighted by Gasteiger charge is 2.12. The van der Waals surface area contributed by atoms with E-state index in [1.807, 2.05) is 6.92 Å². The summed E-state index contributed by atoms with van der Waals surface area (Å²) in [6.45, 7) is 1.86. The summed E-state index contributed by atoms with van der Waals surface area (Å²) in [5.41, 5.74) is 4.26. The highest BCUT2D eigenvalue weighted by atomic mass is 35.5. The summed E-state index contributed by atoms with van der Waals surface area (Å²) in [7, 11) is 0. The maximum Gasteiger partial charge on any atom is 0.335 e. The number of hydrogen-bond donors (Lipinski definition) is 2. The second-order valence-corrected chi connectivity index (χ2v) is 5.94.